The molecule has 0 saturated heterocycles. The molecular formula is C16H20N4O4. The van der Waals surface area contributed by atoms with Gasteiger partial charge >= 0.3 is 0 Å². The van der Waals surface area contributed by atoms with Gasteiger partial charge in [-0.25, -0.2) is 4.63 Å². The highest BCUT2D eigenvalue weighted by Gasteiger charge is 2.16. The van der Waals surface area contributed by atoms with Crippen molar-refractivity contribution in [3.63, 3.8) is 0 Å². The number of carbonyl (C=O) groups is 2. The number of hydrogen-bond donors (Lipinski definition) is 3. The van der Waals surface area contributed by atoms with E-state index in [1.54, 1.807) is 26.0 Å². The van der Waals surface area contributed by atoms with E-state index in [0.717, 1.165) is 5.56 Å². The van der Waals surface area contributed by atoms with E-state index in [-0.39, 0.29) is 17.5 Å². The summed E-state index contributed by atoms with van der Waals surface area (Å²) in [5, 5.41) is 21.7. The van der Waals surface area contributed by atoms with E-state index >= 15 is 0 Å². The van der Waals surface area contributed by atoms with Gasteiger partial charge in [0.1, 0.15) is 0 Å². The quantitative estimate of drug-likeness (QED) is 0.744. The summed E-state index contributed by atoms with van der Waals surface area (Å²) in [7, 11) is 0. The van der Waals surface area contributed by atoms with E-state index in [9.17, 15) is 14.7 Å². The standard InChI is InChI=1S/C16H20N4O4/c1-10(21)17-13-14(20-24-19-13)18-15(22)12-6-4-11(5-7-12)8-9-16(2,3)23/h4-7,23H,8-9H2,1-3H3,(H,17,19,21)(H,18,20,22). The van der Waals surface area contributed by atoms with E-state index in [1.807, 2.05) is 12.1 Å². The van der Waals surface area contributed by atoms with Gasteiger partial charge in [-0.3, -0.25) is 9.59 Å². The van der Waals surface area contributed by atoms with Crippen molar-refractivity contribution in [2.24, 2.45) is 0 Å². The molecule has 3 N–H and O–H groups in total. The first kappa shape index (κ1) is 17.6. The first-order valence-electron chi connectivity index (χ1n) is 7.47. The maximum absolute atomic E-state index is 12.2. The van der Waals surface area contributed by atoms with E-state index in [1.165, 1.54) is 6.92 Å². The SMILES string of the molecule is CC(=O)Nc1nonc1NC(=O)c1ccc(CCC(C)(C)O)cc1. The molecule has 0 unspecified atom stereocenters. The van der Waals surface area contributed by atoms with Crippen LogP contribution in [0, 0.1) is 0 Å². The third-order valence-electron chi connectivity index (χ3n) is 3.26. The van der Waals surface area contributed by atoms with Gasteiger partial charge in [0.2, 0.25) is 17.5 Å². The summed E-state index contributed by atoms with van der Waals surface area (Å²) in [6, 6.07) is 7.02. The van der Waals surface area contributed by atoms with Gasteiger partial charge in [0.05, 0.1) is 5.60 Å². The van der Waals surface area contributed by atoms with Crippen molar-refractivity contribution >= 4 is 23.5 Å². The Labute approximate surface area is 139 Å². The molecule has 0 aliphatic rings. The molecular weight excluding hydrogens is 312 g/mol. The molecule has 0 aliphatic heterocycles. The van der Waals surface area contributed by atoms with E-state index in [2.05, 4.69) is 25.6 Å². The zero-order valence-corrected chi connectivity index (χ0v) is 13.8. The van der Waals surface area contributed by atoms with E-state index < -0.39 is 11.5 Å². The minimum Gasteiger partial charge on any atom is -0.390 e. The van der Waals surface area contributed by atoms with Gasteiger partial charge < -0.3 is 15.7 Å². The highest BCUT2D eigenvalue weighted by molar-refractivity contribution is 6.05. The number of hydrogen-bond acceptors (Lipinski definition) is 6. The summed E-state index contributed by atoms with van der Waals surface area (Å²) in [5.41, 5.74) is 0.727. The van der Waals surface area contributed by atoms with Gasteiger partial charge in [0.25, 0.3) is 5.91 Å². The number of aryl methyl sites for hydroxylation is 1. The minimum absolute atomic E-state index is 0.0429. The van der Waals surface area contributed by atoms with Crippen molar-refractivity contribution in [1.82, 2.24) is 10.3 Å². The molecule has 1 heterocycles. The Hall–Kier alpha value is -2.74. The molecule has 24 heavy (non-hydrogen) atoms. The molecule has 2 rings (SSSR count). The van der Waals surface area contributed by atoms with E-state index in [0.29, 0.717) is 18.4 Å². The number of amides is 2. The summed E-state index contributed by atoms with van der Waals surface area (Å²) in [6.07, 6.45) is 1.34. The Morgan fingerprint density at radius 1 is 1.12 bits per heavy atom. The van der Waals surface area contributed by atoms with Crippen molar-refractivity contribution in [3.8, 4) is 0 Å². The average Bonchev–Trinajstić information content (AvgIpc) is 2.91. The molecule has 128 valence electrons. The maximum Gasteiger partial charge on any atom is 0.257 e. The molecule has 0 spiro atoms. The van der Waals surface area contributed by atoms with Crippen molar-refractivity contribution in [2.75, 3.05) is 10.6 Å². The van der Waals surface area contributed by atoms with Gasteiger partial charge in [-0.1, -0.05) is 12.1 Å². The lowest BCUT2D eigenvalue weighted by Crippen LogP contribution is -2.19. The Morgan fingerprint density at radius 3 is 2.25 bits per heavy atom. The fraction of sp³-hybridized carbons (Fsp3) is 0.375. The highest BCUT2D eigenvalue weighted by Crippen LogP contribution is 2.18. The number of carbonyl (C=O) groups excluding carboxylic acids is 2. The molecule has 8 nitrogen and oxygen atoms in total. The van der Waals surface area contributed by atoms with Crippen LogP contribution in [-0.2, 0) is 11.2 Å². The van der Waals surface area contributed by atoms with Crippen molar-refractivity contribution in [2.45, 2.75) is 39.2 Å². The lowest BCUT2D eigenvalue weighted by atomic mass is 9.98. The first-order valence-corrected chi connectivity index (χ1v) is 7.47. The van der Waals surface area contributed by atoms with Crippen LogP contribution in [-0.4, -0.2) is 32.8 Å². The van der Waals surface area contributed by atoms with Gasteiger partial charge in [-0.15, -0.1) is 0 Å². The van der Waals surface area contributed by atoms with Crippen LogP contribution in [0.15, 0.2) is 28.9 Å². The highest BCUT2D eigenvalue weighted by atomic mass is 16.6. The zero-order chi connectivity index (χ0) is 17.7. The topological polar surface area (TPSA) is 117 Å². The van der Waals surface area contributed by atoms with Crippen LogP contribution >= 0.6 is 0 Å². The lowest BCUT2D eigenvalue weighted by Gasteiger charge is -2.16. The van der Waals surface area contributed by atoms with Gasteiger partial charge in [-0.2, -0.15) is 0 Å². The molecule has 0 radical (unpaired) electrons. The molecule has 2 amide bonds. The molecule has 1 aromatic heterocycles. The molecule has 2 aromatic rings. The average molecular weight is 332 g/mol. The Balaban J connectivity index is 2.00. The maximum atomic E-state index is 12.2. The van der Waals surface area contributed by atoms with Crippen LogP contribution in [0.1, 0.15) is 43.1 Å². The molecule has 0 bridgehead atoms. The fourth-order valence-corrected chi connectivity index (χ4v) is 1.97. The van der Waals surface area contributed by atoms with Crippen molar-refractivity contribution in [1.29, 1.82) is 0 Å². The van der Waals surface area contributed by atoms with Crippen molar-refractivity contribution < 1.29 is 19.3 Å². The number of nitrogens with zero attached hydrogens (tertiary/aromatic N) is 2. The summed E-state index contributed by atoms with van der Waals surface area (Å²) in [5.74, 6) is -0.650. The number of rotatable bonds is 6. The molecule has 0 atom stereocenters. The number of benzene rings is 1. The number of aliphatic hydroxyl groups is 1. The molecule has 0 saturated carbocycles. The second-order valence-electron chi connectivity index (χ2n) is 6.11. The van der Waals surface area contributed by atoms with Crippen LogP contribution in [0.2, 0.25) is 0 Å². The lowest BCUT2D eigenvalue weighted by molar-refractivity contribution is -0.114. The smallest absolute Gasteiger partial charge is 0.257 e. The van der Waals surface area contributed by atoms with Gasteiger partial charge in [0, 0.05) is 12.5 Å². The monoisotopic (exact) mass is 332 g/mol. The van der Waals surface area contributed by atoms with Crippen LogP contribution in [0.5, 0.6) is 0 Å². The van der Waals surface area contributed by atoms with Crippen LogP contribution in [0.4, 0.5) is 11.6 Å². The molecule has 1 aromatic carbocycles. The molecule has 0 aliphatic carbocycles. The van der Waals surface area contributed by atoms with Gasteiger partial charge in [-0.05, 0) is 54.7 Å². The second-order valence-corrected chi connectivity index (χ2v) is 6.11. The summed E-state index contributed by atoms with van der Waals surface area (Å²) < 4.78 is 4.51. The zero-order valence-electron chi connectivity index (χ0n) is 13.8. The summed E-state index contributed by atoms with van der Waals surface area (Å²) in [4.78, 5) is 23.2. The minimum atomic E-state index is -0.726. The first-order chi connectivity index (χ1) is 11.2. The number of anilines is 2. The molecule has 8 heteroatoms. The number of nitrogens with one attached hydrogen (secondary N) is 2. The third-order valence-corrected chi connectivity index (χ3v) is 3.26. The summed E-state index contributed by atoms with van der Waals surface area (Å²) >= 11 is 0. The van der Waals surface area contributed by atoms with Crippen LogP contribution in [0.3, 0.4) is 0 Å². The van der Waals surface area contributed by atoms with Crippen LogP contribution in [0.25, 0.3) is 0 Å². The molecule has 0 fully saturated rings. The van der Waals surface area contributed by atoms with Gasteiger partial charge in [0.15, 0.2) is 0 Å². The Morgan fingerprint density at radius 2 is 1.71 bits per heavy atom. The van der Waals surface area contributed by atoms with E-state index in [4.69, 9.17) is 0 Å². The predicted molar refractivity (Wildman–Crippen MR) is 87.6 cm³/mol. The fourth-order valence-electron chi connectivity index (χ4n) is 1.97. The third kappa shape index (κ3) is 5.17. The van der Waals surface area contributed by atoms with Crippen LogP contribution < -0.4 is 10.6 Å². The largest absolute Gasteiger partial charge is 0.390 e. The normalized spacial score (nSPS) is 11.2. The second kappa shape index (κ2) is 7.22. The number of aromatic nitrogens is 2. The Kier molecular flexibility index (Phi) is 5.30. The van der Waals surface area contributed by atoms with Crippen molar-refractivity contribution in [3.05, 3.63) is 35.4 Å². The Bertz CT molecular complexity index is 716. The predicted octanol–water partition coefficient (Wildman–Crippen LogP) is 1.98. The summed E-state index contributed by atoms with van der Waals surface area (Å²) in [6.45, 7) is 4.83.